The fourth-order valence-electron chi connectivity index (χ4n) is 4.69. The van der Waals surface area contributed by atoms with E-state index in [0.29, 0.717) is 34.9 Å². The molecular formula is C30H32N2O5. The number of anilines is 2. The summed E-state index contributed by atoms with van der Waals surface area (Å²) < 4.78 is 10.9. The first kappa shape index (κ1) is 25.8. The molecule has 1 N–H and O–H groups in total. The zero-order valence-corrected chi connectivity index (χ0v) is 21.6. The minimum atomic E-state index is -0.825. The molecule has 1 aliphatic rings. The van der Waals surface area contributed by atoms with Gasteiger partial charge in [0.15, 0.2) is 0 Å². The fraction of sp³-hybridized carbons (Fsp3) is 0.267. The lowest BCUT2D eigenvalue weighted by atomic mass is 9.94. The van der Waals surface area contributed by atoms with Crippen molar-refractivity contribution in [2.75, 3.05) is 36.6 Å². The van der Waals surface area contributed by atoms with E-state index in [9.17, 15) is 14.7 Å². The molecule has 3 aromatic rings. The summed E-state index contributed by atoms with van der Waals surface area (Å²) in [7, 11) is 1.54. The van der Waals surface area contributed by atoms with Gasteiger partial charge in [-0.2, -0.15) is 0 Å². The Hall–Kier alpha value is -4.26. The third-order valence-electron chi connectivity index (χ3n) is 6.53. The molecular weight excluding hydrogens is 468 g/mol. The van der Waals surface area contributed by atoms with Gasteiger partial charge in [0.25, 0.3) is 11.7 Å². The second-order valence-electron chi connectivity index (χ2n) is 8.60. The van der Waals surface area contributed by atoms with Gasteiger partial charge >= 0.3 is 0 Å². The second kappa shape index (κ2) is 11.2. The van der Waals surface area contributed by atoms with Crippen molar-refractivity contribution >= 4 is 28.8 Å². The molecule has 0 aliphatic carbocycles. The number of nitrogens with zero attached hydrogens (tertiary/aromatic N) is 2. The van der Waals surface area contributed by atoms with Gasteiger partial charge in [0.2, 0.25) is 0 Å². The maximum absolute atomic E-state index is 13.4. The van der Waals surface area contributed by atoms with E-state index in [1.54, 1.807) is 55.6 Å². The monoisotopic (exact) mass is 500 g/mol. The van der Waals surface area contributed by atoms with E-state index in [2.05, 4.69) is 18.7 Å². The Kier molecular flexibility index (Phi) is 7.82. The summed E-state index contributed by atoms with van der Waals surface area (Å²) in [6.07, 6.45) is 0. The predicted octanol–water partition coefficient (Wildman–Crippen LogP) is 5.57. The lowest BCUT2D eigenvalue weighted by Crippen LogP contribution is -2.29. The van der Waals surface area contributed by atoms with Crippen LogP contribution >= 0.6 is 0 Å². The van der Waals surface area contributed by atoms with Gasteiger partial charge in [-0.25, -0.2) is 0 Å². The van der Waals surface area contributed by atoms with Crippen molar-refractivity contribution in [3.05, 3.63) is 89.5 Å². The van der Waals surface area contributed by atoms with E-state index in [4.69, 9.17) is 9.47 Å². The number of ketones is 1. The Morgan fingerprint density at radius 1 is 0.919 bits per heavy atom. The summed E-state index contributed by atoms with van der Waals surface area (Å²) in [4.78, 5) is 30.5. The Morgan fingerprint density at radius 2 is 1.59 bits per heavy atom. The average molecular weight is 501 g/mol. The van der Waals surface area contributed by atoms with Gasteiger partial charge in [-0.05, 0) is 62.7 Å². The normalized spacial score (nSPS) is 16.6. The van der Waals surface area contributed by atoms with Crippen molar-refractivity contribution < 1.29 is 24.2 Å². The first-order valence-electron chi connectivity index (χ1n) is 12.5. The molecule has 0 aromatic heterocycles. The van der Waals surface area contributed by atoms with Crippen LogP contribution in [0.25, 0.3) is 5.76 Å². The maximum Gasteiger partial charge on any atom is 0.300 e. The Balaban J connectivity index is 1.89. The molecule has 1 unspecified atom stereocenters. The van der Waals surface area contributed by atoms with Crippen LogP contribution < -0.4 is 19.3 Å². The van der Waals surface area contributed by atoms with Crippen LogP contribution in [0.3, 0.4) is 0 Å². The van der Waals surface area contributed by atoms with Crippen molar-refractivity contribution in [1.82, 2.24) is 0 Å². The van der Waals surface area contributed by atoms with Crippen molar-refractivity contribution in [3.8, 4) is 11.5 Å². The summed E-state index contributed by atoms with van der Waals surface area (Å²) in [6.45, 7) is 8.22. The number of benzene rings is 3. The van der Waals surface area contributed by atoms with E-state index in [1.807, 2.05) is 31.2 Å². The molecule has 1 atom stereocenters. The van der Waals surface area contributed by atoms with Crippen LogP contribution in [-0.2, 0) is 9.59 Å². The summed E-state index contributed by atoms with van der Waals surface area (Å²) in [6, 6.07) is 20.8. The zero-order valence-electron chi connectivity index (χ0n) is 21.6. The molecule has 1 amide bonds. The molecule has 1 heterocycles. The number of carbonyl (C=O) groups excluding carboxylic acids is 2. The Labute approximate surface area is 217 Å². The van der Waals surface area contributed by atoms with Crippen molar-refractivity contribution in [2.24, 2.45) is 0 Å². The number of ether oxygens (including phenoxy) is 2. The number of hydrogen-bond donors (Lipinski definition) is 1. The number of amides is 1. The predicted molar refractivity (Wildman–Crippen MR) is 145 cm³/mol. The highest BCUT2D eigenvalue weighted by molar-refractivity contribution is 6.51. The maximum atomic E-state index is 13.4. The van der Waals surface area contributed by atoms with Crippen LogP contribution in [0.5, 0.6) is 11.5 Å². The molecule has 37 heavy (non-hydrogen) atoms. The minimum Gasteiger partial charge on any atom is -0.507 e. The van der Waals surface area contributed by atoms with E-state index in [-0.39, 0.29) is 11.3 Å². The topological polar surface area (TPSA) is 79.3 Å². The van der Waals surface area contributed by atoms with Crippen LogP contribution in [0.15, 0.2) is 78.4 Å². The van der Waals surface area contributed by atoms with Gasteiger partial charge in [0, 0.05) is 36.1 Å². The molecule has 0 spiro atoms. The van der Waals surface area contributed by atoms with E-state index < -0.39 is 17.7 Å². The molecule has 192 valence electrons. The van der Waals surface area contributed by atoms with Gasteiger partial charge in [-0.3, -0.25) is 14.5 Å². The fourth-order valence-corrected chi connectivity index (χ4v) is 4.69. The standard InChI is InChI=1S/C30H32N2O5/c1-5-31(6-2)22-16-14-20(15-17-22)27-26(28(33)21-10-8-13-25(18-21)37-7-3)29(34)30(35)32(27)23-11-9-12-24(19-23)36-4/h8-19,27,33H,5-7H2,1-4H3/b28-26+. The average Bonchev–Trinajstić information content (AvgIpc) is 3.19. The quantitative estimate of drug-likeness (QED) is 0.235. The highest BCUT2D eigenvalue weighted by atomic mass is 16.5. The van der Waals surface area contributed by atoms with Crippen LogP contribution in [0.2, 0.25) is 0 Å². The van der Waals surface area contributed by atoms with Crippen molar-refractivity contribution in [1.29, 1.82) is 0 Å². The van der Waals surface area contributed by atoms with Gasteiger partial charge in [0.05, 0.1) is 25.3 Å². The Morgan fingerprint density at radius 3 is 2.24 bits per heavy atom. The smallest absolute Gasteiger partial charge is 0.300 e. The number of aliphatic hydroxyl groups is 1. The molecule has 0 radical (unpaired) electrons. The number of carbonyl (C=O) groups is 2. The van der Waals surface area contributed by atoms with Gasteiger partial charge < -0.3 is 19.5 Å². The van der Waals surface area contributed by atoms with Crippen molar-refractivity contribution in [3.63, 3.8) is 0 Å². The Bertz CT molecular complexity index is 1310. The number of hydrogen-bond acceptors (Lipinski definition) is 6. The lowest BCUT2D eigenvalue weighted by molar-refractivity contribution is -0.132. The summed E-state index contributed by atoms with van der Waals surface area (Å²) >= 11 is 0. The molecule has 3 aromatic carbocycles. The molecule has 1 saturated heterocycles. The third-order valence-corrected chi connectivity index (χ3v) is 6.53. The van der Waals surface area contributed by atoms with Crippen molar-refractivity contribution in [2.45, 2.75) is 26.8 Å². The van der Waals surface area contributed by atoms with Gasteiger partial charge in [0.1, 0.15) is 17.3 Å². The number of aliphatic hydroxyl groups excluding tert-OH is 1. The summed E-state index contributed by atoms with van der Waals surface area (Å²) in [5.74, 6) is -0.593. The highest BCUT2D eigenvalue weighted by Gasteiger charge is 2.47. The van der Waals surface area contributed by atoms with Gasteiger partial charge in [-0.1, -0.05) is 30.3 Å². The SMILES string of the molecule is CCOc1cccc(/C(O)=C2\C(=O)C(=O)N(c3cccc(OC)c3)C2c2ccc(N(CC)CC)cc2)c1. The van der Waals surface area contributed by atoms with E-state index in [0.717, 1.165) is 18.8 Å². The molecule has 0 bridgehead atoms. The van der Waals surface area contributed by atoms with Crippen LogP contribution in [-0.4, -0.2) is 43.6 Å². The summed E-state index contributed by atoms with van der Waals surface area (Å²) in [5.41, 5.74) is 2.68. The zero-order chi connectivity index (χ0) is 26.5. The lowest BCUT2D eigenvalue weighted by Gasteiger charge is -2.27. The first-order valence-corrected chi connectivity index (χ1v) is 12.5. The minimum absolute atomic E-state index is 0.0251. The number of rotatable bonds is 9. The number of methoxy groups -OCH3 is 1. The van der Waals surface area contributed by atoms with E-state index >= 15 is 0 Å². The molecule has 7 heteroatoms. The van der Waals surface area contributed by atoms with Crippen LogP contribution in [0, 0.1) is 0 Å². The molecule has 4 rings (SSSR count). The van der Waals surface area contributed by atoms with E-state index in [1.165, 1.54) is 4.90 Å². The first-order chi connectivity index (χ1) is 17.9. The second-order valence-corrected chi connectivity index (χ2v) is 8.60. The molecule has 1 fully saturated rings. The summed E-state index contributed by atoms with van der Waals surface area (Å²) in [5, 5.41) is 11.4. The molecule has 0 saturated carbocycles. The van der Waals surface area contributed by atoms with Gasteiger partial charge in [-0.15, -0.1) is 0 Å². The molecule has 7 nitrogen and oxygen atoms in total. The molecule has 1 aliphatic heterocycles. The van der Waals surface area contributed by atoms with Crippen LogP contribution in [0.4, 0.5) is 11.4 Å². The largest absolute Gasteiger partial charge is 0.507 e. The third kappa shape index (κ3) is 5.03. The number of Topliss-reactive ketones (excluding diaryl/α,β-unsaturated/α-hetero) is 1. The highest BCUT2D eigenvalue weighted by Crippen LogP contribution is 2.43. The van der Waals surface area contributed by atoms with Crippen LogP contribution in [0.1, 0.15) is 37.9 Å².